The van der Waals surface area contributed by atoms with Crippen LogP contribution < -0.4 is 0 Å². The summed E-state index contributed by atoms with van der Waals surface area (Å²) in [6.45, 7) is 0. The van der Waals surface area contributed by atoms with Crippen molar-refractivity contribution in [3.8, 4) is 28.5 Å². The monoisotopic (exact) mass is 272 g/mol. The fourth-order valence-electron chi connectivity index (χ4n) is 2.17. The number of nitrogens with zero attached hydrogens (tertiary/aromatic N) is 4. The Labute approximate surface area is 122 Å². The zero-order valence-corrected chi connectivity index (χ0v) is 11.3. The number of hydrogen-bond acceptors (Lipinski definition) is 4. The average Bonchev–Trinajstić information content (AvgIpc) is 2.57. The lowest BCUT2D eigenvalue weighted by Gasteiger charge is -2.10. The van der Waals surface area contributed by atoms with Crippen LogP contribution in [0, 0.1) is 11.3 Å². The molecule has 0 saturated carbocycles. The lowest BCUT2D eigenvalue weighted by atomic mass is 10.00. The molecule has 4 nitrogen and oxygen atoms in total. The molecule has 0 amide bonds. The van der Waals surface area contributed by atoms with Crippen molar-refractivity contribution in [2.24, 2.45) is 0 Å². The van der Waals surface area contributed by atoms with Crippen LogP contribution in [0.15, 0.2) is 61.2 Å². The van der Waals surface area contributed by atoms with Crippen molar-refractivity contribution in [3.05, 3.63) is 66.9 Å². The van der Waals surface area contributed by atoms with E-state index in [9.17, 15) is 0 Å². The van der Waals surface area contributed by atoms with Crippen LogP contribution in [0.1, 0.15) is 5.69 Å². The molecule has 0 saturated heterocycles. The van der Waals surface area contributed by atoms with Gasteiger partial charge < -0.3 is 0 Å². The van der Waals surface area contributed by atoms with E-state index >= 15 is 0 Å². The summed E-state index contributed by atoms with van der Waals surface area (Å²) in [7, 11) is 0. The summed E-state index contributed by atoms with van der Waals surface area (Å²) in [6, 6.07) is 13.8. The highest BCUT2D eigenvalue weighted by Gasteiger charge is 2.10. The third kappa shape index (κ3) is 2.77. The molecule has 0 aromatic carbocycles. The molecule has 3 rings (SSSR count). The fraction of sp³-hybridized carbons (Fsp3) is 0.0588. The van der Waals surface area contributed by atoms with Gasteiger partial charge in [-0.1, -0.05) is 6.07 Å². The van der Waals surface area contributed by atoms with Crippen molar-refractivity contribution in [2.75, 3.05) is 0 Å². The number of nitriles is 1. The minimum Gasteiger partial charge on any atom is -0.265 e. The molecule has 0 bridgehead atoms. The highest BCUT2D eigenvalue weighted by Crippen LogP contribution is 2.30. The van der Waals surface area contributed by atoms with Crippen molar-refractivity contribution >= 4 is 0 Å². The van der Waals surface area contributed by atoms with Crippen LogP contribution >= 0.6 is 0 Å². The highest BCUT2D eigenvalue weighted by atomic mass is 14.7. The van der Waals surface area contributed by atoms with Gasteiger partial charge in [0, 0.05) is 35.9 Å². The Bertz CT molecular complexity index is 777. The first-order chi connectivity index (χ1) is 10.4. The summed E-state index contributed by atoms with van der Waals surface area (Å²) >= 11 is 0. The Morgan fingerprint density at radius 2 is 1.43 bits per heavy atom. The van der Waals surface area contributed by atoms with Crippen molar-refractivity contribution in [2.45, 2.75) is 6.42 Å². The Morgan fingerprint density at radius 3 is 2.05 bits per heavy atom. The second-order valence-electron chi connectivity index (χ2n) is 4.51. The summed E-state index contributed by atoms with van der Waals surface area (Å²) in [5.41, 5.74) is 4.67. The van der Waals surface area contributed by atoms with E-state index in [1.54, 1.807) is 24.8 Å². The van der Waals surface area contributed by atoms with E-state index in [0.29, 0.717) is 6.42 Å². The van der Waals surface area contributed by atoms with Gasteiger partial charge in [-0.15, -0.1) is 0 Å². The van der Waals surface area contributed by atoms with Crippen LogP contribution in [-0.2, 0) is 6.42 Å². The maximum Gasteiger partial charge on any atom is 0.0785 e. The lowest BCUT2D eigenvalue weighted by molar-refractivity contribution is 1.12. The summed E-state index contributed by atoms with van der Waals surface area (Å²) < 4.78 is 0. The molecule has 0 spiro atoms. The maximum absolute atomic E-state index is 8.86. The number of hydrogen-bond donors (Lipinski definition) is 0. The van der Waals surface area contributed by atoms with E-state index in [0.717, 1.165) is 28.1 Å². The Hall–Kier alpha value is -3.06. The molecule has 3 aromatic heterocycles. The van der Waals surface area contributed by atoms with Crippen LogP contribution in [0.4, 0.5) is 0 Å². The summed E-state index contributed by atoms with van der Waals surface area (Å²) in [6.07, 6.45) is 7.30. The smallest absolute Gasteiger partial charge is 0.0785 e. The van der Waals surface area contributed by atoms with Gasteiger partial charge in [-0.05, 0) is 35.9 Å². The normalized spacial score (nSPS) is 10.0. The molecule has 0 radical (unpaired) electrons. The maximum atomic E-state index is 8.86. The first-order valence-corrected chi connectivity index (χ1v) is 6.56. The lowest BCUT2D eigenvalue weighted by Crippen LogP contribution is -1.95. The first-order valence-electron chi connectivity index (χ1n) is 6.56. The fourth-order valence-corrected chi connectivity index (χ4v) is 2.17. The first kappa shape index (κ1) is 12.9. The molecular weight excluding hydrogens is 260 g/mol. The van der Waals surface area contributed by atoms with E-state index in [4.69, 9.17) is 5.26 Å². The molecule has 4 heteroatoms. The third-order valence-electron chi connectivity index (χ3n) is 3.16. The zero-order valence-electron chi connectivity index (χ0n) is 11.3. The Balaban J connectivity index is 2.18. The highest BCUT2D eigenvalue weighted by molar-refractivity contribution is 5.80. The second-order valence-corrected chi connectivity index (χ2v) is 4.51. The van der Waals surface area contributed by atoms with Gasteiger partial charge in [-0.2, -0.15) is 5.26 Å². The van der Waals surface area contributed by atoms with Crippen LogP contribution in [0.2, 0.25) is 0 Å². The average molecular weight is 272 g/mol. The van der Waals surface area contributed by atoms with Crippen LogP contribution in [0.25, 0.3) is 22.4 Å². The molecule has 0 N–H and O–H groups in total. The predicted octanol–water partition coefficient (Wildman–Crippen LogP) is 3.27. The summed E-state index contributed by atoms with van der Waals surface area (Å²) in [5.74, 6) is 0. The molecule has 3 aromatic rings. The van der Waals surface area contributed by atoms with E-state index in [1.807, 2.05) is 36.4 Å². The molecule has 0 fully saturated rings. The molecule has 0 unspecified atom stereocenters. The third-order valence-corrected chi connectivity index (χ3v) is 3.16. The van der Waals surface area contributed by atoms with Gasteiger partial charge in [0.1, 0.15) is 0 Å². The van der Waals surface area contributed by atoms with Gasteiger partial charge in [0.05, 0.1) is 23.9 Å². The van der Waals surface area contributed by atoms with E-state index in [-0.39, 0.29) is 0 Å². The zero-order chi connectivity index (χ0) is 14.5. The number of pyridine rings is 3. The van der Waals surface area contributed by atoms with Crippen LogP contribution in [-0.4, -0.2) is 15.0 Å². The molecule has 0 atom stereocenters. The van der Waals surface area contributed by atoms with Crippen molar-refractivity contribution in [1.29, 1.82) is 5.26 Å². The standard InChI is InChI=1S/C17H12N4/c18-8-3-15-1-2-16(13-4-9-19-10-5-13)17(21-15)14-6-11-20-12-7-14/h1-2,4-7,9-12H,3H2. The minimum atomic E-state index is 0.300. The van der Waals surface area contributed by atoms with Gasteiger partial charge in [-0.25, -0.2) is 0 Å². The van der Waals surface area contributed by atoms with Gasteiger partial charge in [0.2, 0.25) is 0 Å². The molecule has 21 heavy (non-hydrogen) atoms. The largest absolute Gasteiger partial charge is 0.265 e. The van der Waals surface area contributed by atoms with Crippen molar-refractivity contribution < 1.29 is 0 Å². The summed E-state index contributed by atoms with van der Waals surface area (Å²) in [5, 5.41) is 8.86. The van der Waals surface area contributed by atoms with Crippen molar-refractivity contribution in [1.82, 2.24) is 15.0 Å². The van der Waals surface area contributed by atoms with E-state index < -0.39 is 0 Å². The van der Waals surface area contributed by atoms with E-state index in [2.05, 4.69) is 21.0 Å². The number of rotatable bonds is 3. The predicted molar refractivity (Wildman–Crippen MR) is 80.0 cm³/mol. The SMILES string of the molecule is N#CCc1ccc(-c2ccncc2)c(-c2ccncc2)n1. The molecule has 100 valence electrons. The van der Waals surface area contributed by atoms with Crippen LogP contribution in [0.3, 0.4) is 0 Å². The van der Waals surface area contributed by atoms with Crippen LogP contribution in [0.5, 0.6) is 0 Å². The molecule has 0 aliphatic heterocycles. The van der Waals surface area contributed by atoms with Gasteiger partial charge in [-0.3, -0.25) is 15.0 Å². The topological polar surface area (TPSA) is 62.5 Å². The van der Waals surface area contributed by atoms with E-state index in [1.165, 1.54) is 0 Å². The Kier molecular flexibility index (Phi) is 3.66. The summed E-state index contributed by atoms with van der Waals surface area (Å²) in [4.78, 5) is 12.7. The number of aromatic nitrogens is 3. The minimum absolute atomic E-state index is 0.300. The van der Waals surface area contributed by atoms with Gasteiger partial charge in [0.15, 0.2) is 0 Å². The van der Waals surface area contributed by atoms with Gasteiger partial charge >= 0.3 is 0 Å². The quantitative estimate of drug-likeness (QED) is 0.734. The second kappa shape index (κ2) is 5.93. The van der Waals surface area contributed by atoms with Crippen molar-refractivity contribution in [3.63, 3.8) is 0 Å². The Morgan fingerprint density at radius 1 is 0.810 bits per heavy atom. The molecule has 0 aliphatic rings. The molecular formula is C17H12N4. The van der Waals surface area contributed by atoms with Gasteiger partial charge in [0.25, 0.3) is 0 Å². The molecule has 3 heterocycles. The molecule has 0 aliphatic carbocycles.